The topological polar surface area (TPSA) is 97.2 Å². The molecule has 0 bridgehead atoms. The van der Waals surface area contributed by atoms with Gasteiger partial charge in [0.1, 0.15) is 11.8 Å². The Kier molecular flexibility index (Phi) is 7.08. The first kappa shape index (κ1) is 25.0. The van der Waals surface area contributed by atoms with E-state index in [1.54, 1.807) is 36.3 Å². The van der Waals surface area contributed by atoms with Gasteiger partial charge in [-0.2, -0.15) is 4.98 Å². The predicted molar refractivity (Wildman–Crippen MR) is 149 cm³/mol. The fourth-order valence-corrected chi connectivity index (χ4v) is 4.73. The van der Waals surface area contributed by atoms with Crippen LogP contribution in [0.25, 0.3) is 11.4 Å². The van der Waals surface area contributed by atoms with Gasteiger partial charge in [-0.1, -0.05) is 12.1 Å². The van der Waals surface area contributed by atoms with Gasteiger partial charge in [0.05, 0.1) is 24.6 Å². The van der Waals surface area contributed by atoms with Crippen LogP contribution in [0.3, 0.4) is 0 Å². The predicted octanol–water partition coefficient (Wildman–Crippen LogP) is 5.12. The molecule has 9 heteroatoms. The number of hydrogen-bond acceptors (Lipinski definition) is 7. The molecule has 0 saturated carbocycles. The van der Waals surface area contributed by atoms with Crippen molar-refractivity contribution in [2.24, 2.45) is 0 Å². The molecule has 1 aliphatic rings. The summed E-state index contributed by atoms with van der Waals surface area (Å²) in [6, 6.07) is 19.0. The molecule has 38 heavy (non-hydrogen) atoms. The van der Waals surface area contributed by atoms with E-state index in [4.69, 9.17) is 14.8 Å². The van der Waals surface area contributed by atoms with E-state index in [0.717, 1.165) is 29.9 Å². The first-order chi connectivity index (χ1) is 18.5. The SMILES string of the molecule is CCN(CC)c1ccc(-c2nc3n(n2)C(c2cccc(OC)c2)C(C(=O)Nc2cccnc2)=C(C)N3)cc1. The van der Waals surface area contributed by atoms with Gasteiger partial charge >= 0.3 is 0 Å². The Morgan fingerprint density at radius 1 is 1.11 bits per heavy atom. The Morgan fingerprint density at radius 3 is 2.58 bits per heavy atom. The molecule has 194 valence electrons. The number of fused-ring (bicyclic) bond motifs is 1. The maximum absolute atomic E-state index is 13.6. The molecule has 5 rings (SSSR count). The molecular formula is C29H31N7O2. The maximum Gasteiger partial charge on any atom is 0.255 e. The van der Waals surface area contributed by atoms with E-state index in [0.29, 0.717) is 34.5 Å². The lowest BCUT2D eigenvalue weighted by Gasteiger charge is -2.28. The summed E-state index contributed by atoms with van der Waals surface area (Å²) in [5.41, 5.74) is 4.75. The van der Waals surface area contributed by atoms with Crippen LogP contribution in [-0.4, -0.2) is 45.9 Å². The Bertz CT molecular complexity index is 1460. The van der Waals surface area contributed by atoms with Crippen LogP contribution < -0.4 is 20.3 Å². The molecule has 0 spiro atoms. The molecule has 0 radical (unpaired) electrons. The van der Waals surface area contributed by atoms with Gasteiger partial charge in [0, 0.05) is 36.2 Å². The van der Waals surface area contributed by atoms with Gasteiger partial charge in [0.15, 0.2) is 5.82 Å². The van der Waals surface area contributed by atoms with Gasteiger partial charge in [0.2, 0.25) is 5.95 Å². The fraction of sp³-hybridized carbons (Fsp3) is 0.241. The molecule has 1 atom stereocenters. The third kappa shape index (κ3) is 4.82. The number of nitrogens with zero attached hydrogens (tertiary/aromatic N) is 5. The Hall–Kier alpha value is -4.66. The number of nitrogens with one attached hydrogen (secondary N) is 2. The zero-order valence-corrected chi connectivity index (χ0v) is 22.0. The van der Waals surface area contributed by atoms with E-state index in [-0.39, 0.29) is 5.91 Å². The number of carbonyl (C=O) groups is 1. The number of aromatic nitrogens is 4. The van der Waals surface area contributed by atoms with Crippen molar-refractivity contribution < 1.29 is 9.53 Å². The largest absolute Gasteiger partial charge is 0.497 e. The highest BCUT2D eigenvalue weighted by Gasteiger charge is 2.34. The third-order valence-corrected chi connectivity index (χ3v) is 6.68. The number of pyridine rings is 1. The minimum absolute atomic E-state index is 0.248. The van der Waals surface area contributed by atoms with E-state index in [9.17, 15) is 4.79 Å². The fourth-order valence-electron chi connectivity index (χ4n) is 4.73. The smallest absolute Gasteiger partial charge is 0.255 e. The lowest BCUT2D eigenvalue weighted by Crippen LogP contribution is -2.31. The van der Waals surface area contributed by atoms with Crippen molar-refractivity contribution in [3.05, 3.63) is 89.9 Å². The molecule has 1 unspecified atom stereocenters. The van der Waals surface area contributed by atoms with Crippen molar-refractivity contribution >= 4 is 23.2 Å². The van der Waals surface area contributed by atoms with E-state index < -0.39 is 6.04 Å². The van der Waals surface area contributed by atoms with Crippen LogP contribution in [0.5, 0.6) is 5.75 Å². The average Bonchev–Trinajstić information content (AvgIpc) is 3.37. The number of benzene rings is 2. The van der Waals surface area contributed by atoms with E-state index in [2.05, 4.69) is 46.5 Å². The summed E-state index contributed by atoms with van der Waals surface area (Å²) in [5, 5.41) is 11.2. The summed E-state index contributed by atoms with van der Waals surface area (Å²) in [6.07, 6.45) is 3.28. The molecule has 2 N–H and O–H groups in total. The summed E-state index contributed by atoms with van der Waals surface area (Å²) >= 11 is 0. The second-order valence-electron chi connectivity index (χ2n) is 8.96. The van der Waals surface area contributed by atoms with E-state index >= 15 is 0 Å². The number of carbonyl (C=O) groups excluding carboxylic acids is 1. The number of anilines is 3. The van der Waals surface area contributed by atoms with Crippen LogP contribution in [0.15, 0.2) is 84.3 Å². The van der Waals surface area contributed by atoms with Crippen LogP contribution in [0.4, 0.5) is 17.3 Å². The van der Waals surface area contributed by atoms with Crippen molar-refractivity contribution in [1.29, 1.82) is 0 Å². The summed E-state index contributed by atoms with van der Waals surface area (Å²) in [5.74, 6) is 1.59. The van der Waals surface area contributed by atoms with E-state index in [1.165, 1.54) is 0 Å². The van der Waals surface area contributed by atoms with Gasteiger partial charge in [0.25, 0.3) is 5.91 Å². The molecule has 0 saturated heterocycles. The number of ether oxygens (including phenoxy) is 1. The van der Waals surface area contributed by atoms with Gasteiger partial charge in [-0.3, -0.25) is 9.78 Å². The molecule has 2 aromatic carbocycles. The monoisotopic (exact) mass is 509 g/mol. The highest BCUT2D eigenvalue weighted by atomic mass is 16.5. The maximum atomic E-state index is 13.6. The summed E-state index contributed by atoms with van der Waals surface area (Å²) in [7, 11) is 1.62. The van der Waals surface area contributed by atoms with Crippen LogP contribution >= 0.6 is 0 Å². The first-order valence-corrected chi connectivity index (χ1v) is 12.7. The summed E-state index contributed by atoms with van der Waals surface area (Å²) in [4.78, 5) is 24.8. The Balaban J connectivity index is 1.56. The van der Waals surface area contributed by atoms with Crippen LogP contribution in [-0.2, 0) is 4.79 Å². The van der Waals surface area contributed by atoms with Crippen LogP contribution in [0.1, 0.15) is 32.4 Å². The third-order valence-electron chi connectivity index (χ3n) is 6.68. The molecule has 0 aliphatic carbocycles. The molecule has 0 fully saturated rings. The minimum atomic E-state index is -0.519. The normalized spacial score (nSPS) is 14.5. The van der Waals surface area contributed by atoms with Crippen molar-refractivity contribution in [2.75, 3.05) is 35.7 Å². The second kappa shape index (κ2) is 10.8. The van der Waals surface area contributed by atoms with Gasteiger partial charge < -0.3 is 20.3 Å². The standard InChI is InChI=1S/C29H31N7O2/c1-5-35(6-2)23-14-12-20(13-15-23)27-33-29-31-19(3)25(28(37)32-22-10-8-16-30-18-22)26(36(29)34-27)21-9-7-11-24(17-21)38-4/h7-18,26H,5-6H2,1-4H3,(H,32,37)(H,31,33,34). The first-order valence-electron chi connectivity index (χ1n) is 12.7. The van der Waals surface area contributed by atoms with Gasteiger partial charge in [-0.15, -0.1) is 5.10 Å². The molecule has 4 aromatic rings. The van der Waals surface area contributed by atoms with Crippen molar-refractivity contribution in [3.63, 3.8) is 0 Å². The van der Waals surface area contributed by atoms with E-state index in [1.807, 2.05) is 43.3 Å². The molecule has 1 amide bonds. The van der Waals surface area contributed by atoms with Gasteiger partial charge in [-0.05, 0) is 74.9 Å². The highest BCUT2D eigenvalue weighted by Crippen LogP contribution is 2.38. The second-order valence-corrected chi connectivity index (χ2v) is 8.96. The molecule has 2 aromatic heterocycles. The average molecular weight is 510 g/mol. The van der Waals surface area contributed by atoms with Crippen molar-refractivity contribution in [1.82, 2.24) is 19.7 Å². The van der Waals surface area contributed by atoms with Gasteiger partial charge in [-0.25, -0.2) is 4.68 Å². The van der Waals surface area contributed by atoms with Crippen LogP contribution in [0.2, 0.25) is 0 Å². The van der Waals surface area contributed by atoms with Crippen molar-refractivity contribution in [3.8, 4) is 17.1 Å². The highest BCUT2D eigenvalue weighted by molar-refractivity contribution is 6.06. The Morgan fingerprint density at radius 2 is 1.89 bits per heavy atom. The quantitative estimate of drug-likeness (QED) is 0.340. The number of hydrogen-bond donors (Lipinski definition) is 2. The lowest BCUT2D eigenvalue weighted by molar-refractivity contribution is -0.113. The van der Waals surface area contributed by atoms with Crippen molar-refractivity contribution in [2.45, 2.75) is 26.8 Å². The number of rotatable bonds is 8. The lowest BCUT2D eigenvalue weighted by atomic mass is 9.95. The molecular weight excluding hydrogens is 478 g/mol. The molecule has 1 aliphatic heterocycles. The number of methoxy groups -OCH3 is 1. The Labute approximate surface area is 222 Å². The minimum Gasteiger partial charge on any atom is -0.497 e. The number of amides is 1. The van der Waals surface area contributed by atoms with Crippen LogP contribution in [0, 0.1) is 0 Å². The summed E-state index contributed by atoms with van der Waals surface area (Å²) < 4.78 is 7.26. The molecule has 3 heterocycles. The zero-order chi connectivity index (χ0) is 26.6. The molecule has 9 nitrogen and oxygen atoms in total. The zero-order valence-electron chi connectivity index (χ0n) is 22.0. The number of allylic oxidation sites excluding steroid dienone is 1. The summed E-state index contributed by atoms with van der Waals surface area (Å²) in [6.45, 7) is 8.04.